The third-order valence-electron chi connectivity index (χ3n) is 14.2. The Labute approximate surface area is 503 Å². The summed E-state index contributed by atoms with van der Waals surface area (Å²) >= 11 is 0. The van der Waals surface area contributed by atoms with Gasteiger partial charge in [-0.25, -0.2) is 9.13 Å². The van der Waals surface area contributed by atoms with Crippen LogP contribution in [0.1, 0.15) is 298 Å². The number of aliphatic hydroxyl groups excluding tert-OH is 1. The minimum atomic E-state index is -4.95. The van der Waals surface area contributed by atoms with Crippen LogP contribution in [0.3, 0.4) is 0 Å². The van der Waals surface area contributed by atoms with E-state index >= 15 is 0 Å². The number of allylic oxidation sites excluding steroid dienone is 4. The van der Waals surface area contributed by atoms with Gasteiger partial charge in [0.05, 0.1) is 26.4 Å². The number of phosphoric acid groups is 2. The minimum Gasteiger partial charge on any atom is -0.462 e. The first kappa shape index (κ1) is 80.5. The van der Waals surface area contributed by atoms with Crippen LogP contribution < -0.4 is 0 Å². The lowest BCUT2D eigenvalue weighted by atomic mass is 10.0. The van der Waals surface area contributed by atoms with Crippen molar-refractivity contribution in [1.82, 2.24) is 0 Å². The molecule has 0 rings (SSSR count). The summed E-state index contributed by atoms with van der Waals surface area (Å²) in [6.07, 6.45) is 44.1. The van der Waals surface area contributed by atoms with E-state index in [1.807, 2.05) is 0 Å². The molecule has 2 unspecified atom stereocenters. The Kier molecular flexibility index (Phi) is 55.6. The first-order valence-corrected chi connectivity index (χ1v) is 35.9. The van der Waals surface area contributed by atoms with Crippen molar-refractivity contribution < 1.29 is 80.2 Å². The molecule has 0 spiro atoms. The number of phosphoric ester groups is 2. The molecule has 0 fully saturated rings. The van der Waals surface area contributed by atoms with E-state index in [4.69, 9.17) is 37.0 Å². The Morgan fingerprint density at radius 1 is 0.373 bits per heavy atom. The molecule has 0 aliphatic carbocycles. The Morgan fingerprint density at radius 3 is 0.988 bits per heavy atom. The zero-order chi connectivity index (χ0) is 61.3. The van der Waals surface area contributed by atoms with Crippen molar-refractivity contribution in [3.8, 4) is 0 Å². The summed E-state index contributed by atoms with van der Waals surface area (Å²) in [7, 11) is -9.89. The molecule has 0 aliphatic heterocycles. The molecule has 5 atom stereocenters. The van der Waals surface area contributed by atoms with Gasteiger partial charge in [-0.05, 0) is 57.3 Å². The van der Waals surface area contributed by atoms with E-state index in [-0.39, 0.29) is 25.7 Å². The average molecular weight is 1220 g/mol. The number of rotatable bonds is 62. The standard InChI is InChI=1S/C64H120O17P2/c1-6-9-12-15-18-20-21-22-23-24-25-30-35-40-45-50-64(69)81-60(54-75-62(67)48-43-38-34-29-27-26-28-32-36-41-46-57(4)5)56-79-83(72,73)77-52-58(65)51-76-82(70,71)78-55-59(53-74-61(66)47-42-37-31-17-14-11-8-3)80-63(68)49-44-39-33-19-16-13-10-7-2/h20-23,57-60,65H,6-19,24-56H2,1-5H3,(H,70,71)(H,72,73)/b21-20-,23-22-/t58-,59+,60+/m0/s1. The number of aliphatic hydroxyl groups is 1. The van der Waals surface area contributed by atoms with Crippen LogP contribution in [0, 0.1) is 5.92 Å². The first-order chi connectivity index (χ1) is 40.0. The molecule has 0 aromatic heterocycles. The third kappa shape index (κ3) is 58.3. The Balaban J connectivity index is 5.24. The van der Waals surface area contributed by atoms with Crippen LogP contribution >= 0.6 is 15.6 Å². The average Bonchev–Trinajstić information content (AvgIpc) is 3.47. The van der Waals surface area contributed by atoms with Crippen LogP contribution in [-0.2, 0) is 65.4 Å². The Morgan fingerprint density at radius 2 is 0.651 bits per heavy atom. The van der Waals surface area contributed by atoms with Crippen LogP contribution in [0.4, 0.5) is 0 Å². The molecule has 0 aromatic carbocycles. The molecule has 0 amide bonds. The fourth-order valence-corrected chi connectivity index (χ4v) is 10.6. The highest BCUT2D eigenvalue weighted by Crippen LogP contribution is 2.45. The predicted octanol–water partition coefficient (Wildman–Crippen LogP) is 17.3. The normalized spacial score (nSPS) is 14.4. The van der Waals surface area contributed by atoms with Gasteiger partial charge in [0.15, 0.2) is 12.2 Å². The molecule has 0 saturated carbocycles. The van der Waals surface area contributed by atoms with Crippen molar-refractivity contribution in [2.24, 2.45) is 5.92 Å². The maximum Gasteiger partial charge on any atom is 0.472 e. The second-order valence-corrected chi connectivity index (χ2v) is 25.8. The van der Waals surface area contributed by atoms with Gasteiger partial charge in [-0.3, -0.25) is 37.3 Å². The SMILES string of the molecule is CCCCCC/C=C\C=C/CCCCCCCC(=O)O[C@H](COC(=O)CCCCCCCCCCCCC(C)C)COP(=O)(O)OC[C@@H](O)COP(=O)(O)OC[C@@H](COC(=O)CCCCCCCCC)OC(=O)CCCCCCCCCC. The summed E-state index contributed by atoms with van der Waals surface area (Å²) in [6.45, 7) is 7.05. The lowest BCUT2D eigenvalue weighted by molar-refractivity contribution is -0.161. The fourth-order valence-electron chi connectivity index (χ4n) is 9.04. The highest BCUT2D eigenvalue weighted by Gasteiger charge is 2.30. The zero-order valence-electron chi connectivity index (χ0n) is 52.8. The van der Waals surface area contributed by atoms with Gasteiger partial charge < -0.3 is 33.8 Å². The quantitative estimate of drug-likeness (QED) is 0.0169. The highest BCUT2D eigenvalue weighted by atomic mass is 31.2. The third-order valence-corrected chi connectivity index (χ3v) is 16.1. The number of carbonyl (C=O) groups excluding carboxylic acids is 4. The van der Waals surface area contributed by atoms with Crippen LogP contribution in [0.25, 0.3) is 0 Å². The fraction of sp³-hybridized carbons (Fsp3) is 0.875. The molecule has 17 nitrogen and oxygen atoms in total. The second-order valence-electron chi connectivity index (χ2n) is 22.9. The lowest BCUT2D eigenvalue weighted by Gasteiger charge is -2.21. The van der Waals surface area contributed by atoms with Crippen LogP contribution in [0.5, 0.6) is 0 Å². The van der Waals surface area contributed by atoms with Gasteiger partial charge in [-0.15, -0.1) is 0 Å². The lowest BCUT2D eigenvalue weighted by Crippen LogP contribution is -2.30. The van der Waals surface area contributed by atoms with E-state index in [0.717, 1.165) is 128 Å². The maximum absolute atomic E-state index is 13.0. The van der Waals surface area contributed by atoms with Gasteiger partial charge in [0.2, 0.25) is 0 Å². The molecule has 488 valence electrons. The van der Waals surface area contributed by atoms with Crippen molar-refractivity contribution in [2.75, 3.05) is 39.6 Å². The number of hydrogen-bond donors (Lipinski definition) is 3. The predicted molar refractivity (Wildman–Crippen MR) is 331 cm³/mol. The van der Waals surface area contributed by atoms with Gasteiger partial charge in [-0.2, -0.15) is 0 Å². The van der Waals surface area contributed by atoms with Gasteiger partial charge in [0.1, 0.15) is 19.3 Å². The van der Waals surface area contributed by atoms with Crippen LogP contribution in [0.2, 0.25) is 0 Å². The van der Waals surface area contributed by atoms with E-state index in [9.17, 15) is 43.2 Å². The number of unbranched alkanes of at least 4 members (excludes halogenated alkanes) is 31. The van der Waals surface area contributed by atoms with Crippen molar-refractivity contribution in [2.45, 2.75) is 316 Å². The van der Waals surface area contributed by atoms with E-state index < -0.39 is 97.5 Å². The van der Waals surface area contributed by atoms with Crippen LogP contribution in [-0.4, -0.2) is 96.7 Å². The van der Waals surface area contributed by atoms with Crippen molar-refractivity contribution in [3.05, 3.63) is 24.3 Å². The molecule has 3 N–H and O–H groups in total. The largest absolute Gasteiger partial charge is 0.472 e. The van der Waals surface area contributed by atoms with E-state index in [1.54, 1.807) is 0 Å². The molecule has 0 aromatic rings. The highest BCUT2D eigenvalue weighted by molar-refractivity contribution is 7.47. The molecular weight excluding hydrogens is 1100 g/mol. The molecule has 0 saturated heterocycles. The summed E-state index contributed by atoms with van der Waals surface area (Å²) in [5, 5.41) is 10.5. The van der Waals surface area contributed by atoms with Gasteiger partial charge in [-0.1, -0.05) is 245 Å². The summed E-state index contributed by atoms with van der Waals surface area (Å²) in [6, 6.07) is 0. The number of hydrogen-bond acceptors (Lipinski definition) is 15. The minimum absolute atomic E-state index is 0.0847. The summed E-state index contributed by atoms with van der Waals surface area (Å²) in [4.78, 5) is 72.0. The molecule has 0 radical (unpaired) electrons. The number of ether oxygens (including phenoxy) is 4. The topological polar surface area (TPSA) is 237 Å². The molecule has 0 bridgehead atoms. The van der Waals surface area contributed by atoms with E-state index in [1.165, 1.54) is 89.9 Å². The van der Waals surface area contributed by atoms with E-state index in [0.29, 0.717) is 25.7 Å². The molecular formula is C64H120O17P2. The number of carbonyl (C=O) groups is 4. The van der Waals surface area contributed by atoms with Crippen LogP contribution in [0.15, 0.2) is 24.3 Å². The van der Waals surface area contributed by atoms with Crippen molar-refractivity contribution in [1.29, 1.82) is 0 Å². The molecule has 0 heterocycles. The van der Waals surface area contributed by atoms with Gasteiger partial charge >= 0.3 is 39.5 Å². The summed E-state index contributed by atoms with van der Waals surface area (Å²) in [5.74, 6) is -1.41. The zero-order valence-corrected chi connectivity index (χ0v) is 54.6. The summed E-state index contributed by atoms with van der Waals surface area (Å²) in [5.41, 5.74) is 0. The molecule has 19 heteroatoms. The monoisotopic (exact) mass is 1220 g/mol. The number of esters is 4. The summed E-state index contributed by atoms with van der Waals surface area (Å²) < 4.78 is 67.8. The second kappa shape index (κ2) is 57.3. The van der Waals surface area contributed by atoms with Crippen molar-refractivity contribution in [3.63, 3.8) is 0 Å². The Hall–Kier alpha value is -2.46. The maximum atomic E-state index is 13.0. The molecule has 0 aliphatic rings. The van der Waals surface area contributed by atoms with Crippen molar-refractivity contribution >= 4 is 39.5 Å². The first-order valence-electron chi connectivity index (χ1n) is 33.0. The molecule has 83 heavy (non-hydrogen) atoms. The Bertz CT molecular complexity index is 1710. The van der Waals surface area contributed by atoms with Gasteiger partial charge in [0, 0.05) is 25.7 Å². The smallest absolute Gasteiger partial charge is 0.462 e. The van der Waals surface area contributed by atoms with Gasteiger partial charge in [0.25, 0.3) is 0 Å². The van der Waals surface area contributed by atoms with E-state index in [2.05, 4.69) is 58.9 Å².